The first kappa shape index (κ1) is 15.0. The number of carbonyl (C=O) groups excluding carboxylic acids is 1. The van der Waals surface area contributed by atoms with Gasteiger partial charge >= 0.3 is 0 Å². The number of primary sulfonamides is 1. The maximum atomic E-state index is 11.6. The van der Waals surface area contributed by atoms with Crippen molar-refractivity contribution in [2.75, 3.05) is 0 Å². The zero-order chi connectivity index (χ0) is 15.6. The maximum absolute atomic E-state index is 11.6. The van der Waals surface area contributed by atoms with Gasteiger partial charge in [-0.25, -0.2) is 13.6 Å². The lowest BCUT2D eigenvalue weighted by atomic mass is 10.0. The number of hydrogen-bond acceptors (Lipinski definition) is 4. The zero-order valence-corrected chi connectivity index (χ0v) is 11.8. The third kappa shape index (κ3) is 3.39. The van der Waals surface area contributed by atoms with Crippen molar-refractivity contribution in [2.45, 2.75) is 11.3 Å². The number of amides is 1. The highest BCUT2D eigenvalue weighted by Gasteiger charge is 2.15. The Morgan fingerprint density at radius 3 is 2.38 bits per heavy atom. The lowest BCUT2D eigenvalue weighted by Crippen LogP contribution is -2.14. The monoisotopic (exact) mass is 306 g/mol. The van der Waals surface area contributed by atoms with Crippen molar-refractivity contribution in [3.05, 3.63) is 48.0 Å². The van der Waals surface area contributed by atoms with Crippen molar-refractivity contribution in [2.24, 2.45) is 10.9 Å². The quantitative estimate of drug-likeness (QED) is 0.770. The van der Waals surface area contributed by atoms with Gasteiger partial charge in [0.2, 0.25) is 15.9 Å². The Balaban J connectivity index is 2.54. The van der Waals surface area contributed by atoms with E-state index >= 15 is 0 Å². The highest BCUT2D eigenvalue weighted by atomic mass is 32.2. The Hall–Kier alpha value is -2.38. The minimum absolute atomic E-state index is 0.0351. The van der Waals surface area contributed by atoms with Crippen LogP contribution in [0.2, 0.25) is 0 Å². The van der Waals surface area contributed by atoms with Crippen LogP contribution in [0, 0.1) is 0 Å². The number of sulfonamides is 1. The third-order valence-corrected chi connectivity index (χ3v) is 3.92. The normalized spacial score (nSPS) is 11.3. The van der Waals surface area contributed by atoms with E-state index in [1.54, 1.807) is 24.3 Å². The Kier molecular flexibility index (Phi) is 3.97. The first-order valence-electron chi connectivity index (χ1n) is 6.01. The van der Waals surface area contributed by atoms with Crippen LogP contribution in [0.1, 0.15) is 5.56 Å². The largest absolute Gasteiger partial charge is 0.508 e. The summed E-state index contributed by atoms with van der Waals surface area (Å²) in [5, 5.41) is 15.1. The number of aromatic hydroxyl groups is 1. The molecule has 0 aromatic heterocycles. The van der Waals surface area contributed by atoms with E-state index in [-0.39, 0.29) is 17.1 Å². The Labute approximate surface area is 122 Å². The molecule has 0 aliphatic heterocycles. The lowest BCUT2D eigenvalue weighted by molar-refractivity contribution is -0.117. The standard InChI is InChI=1S/C14H14N2O4S/c15-14(18)8-10-6-5-9(7-12(10)17)11-3-1-2-4-13(11)21(16,19)20/h1-7,17H,8H2,(H2,15,18)(H2,16,19,20). The summed E-state index contributed by atoms with van der Waals surface area (Å²) < 4.78 is 23.2. The molecule has 0 atom stereocenters. The summed E-state index contributed by atoms with van der Waals surface area (Å²) in [5.41, 5.74) is 6.31. The summed E-state index contributed by atoms with van der Waals surface area (Å²) in [6.07, 6.45) is -0.0943. The second-order valence-corrected chi connectivity index (χ2v) is 6.06. The molecule has 0 saturated heterocycles. The van der Waals surface area contributed by atoms with E-state index < -0.39 is 15.9 Å². The molecule has 0 saturated carbocycles. The van der Waals surface area contributed by atoms with Crippen LogP contribution < -0.4 is 10.9 Å². The summed E-state index contributed by atoms with van der Waals surface area (Å²) in [7, 11) is -3.88. The van der Waals surface area contributed by atoms with Crippen molar-refractivity contribution in [3.8, 4) is 16.9 Å². The van der Waals surface area contributed by atoms with Gasteiger partial charge in [0.05, 0.1) is 11.3 Å². The second-order valence-electron chi connectivity index (χ2n) is 4.53. The molecular formula is C14H14N2O4S. The third-order valence-electron chi connectivity index (χ3n) is 2.95. The van der Waals surface area contributed by atoms with Crippen LogP contribution in [-0.4, -0.2) is 19.4 Å². The predicted octanol–water partition coefficient (Wildman–Crippen LogP) is 0.734. The van der Waals surface area contributed by atoms with Crippen LogP contribution in [0.3, 0.4) is 0 Å². The first-order valence-corrected chi connectivity index (χ1v) is 7.56. The molecule has 7 heteroatoms. The fraction of sp³-hybridized carbons (Fsp3) is 0.0714. The van der Waals surface area contributed by atoms with Gasteiger partial charge in [-0.15, -0.1) is 0 Å². The summed E-state index contributed by atoms with van der Waals surface area (Å²) in [6.45, 7) is 0. The average molecular weight is 306 g/mol. The summed E-state index contributed by atoms with van der Waals surface area (Å²) in [6, 6.07) is 10.7. The molecule has 0 aliphatic rings. The molecule has 21 heavy (non-hydrogen) atoms. The number of phenolic OH excluding ortho intramolecular Hbond substituents is 1. The molecule has 110 valence electrons. The van der Waals surface area contributed by atoms with E-state index in [1.807, 2.05) is 0 Å². The number of primary amides is 1. The van der Waals surface area contributed by atoms with E-state index in [0.29, 0.717) is 16.7 Å². The number of rotatable bonds is 4. The van der Waals surface area contributed by atoms with Crippen LogP contribution in [0.5, 0.6) is 5.75 Å². The van der Waals surface area contributed by atoms with E-state index in [1.165, 1.54) is 18.2 Å². The molecule has 2 aromatic carbocycles. The van der Waals surface area contributed by atoms with Gasteiger partial charge in [0.15, 0.2) is 0 Å². The van der Waals surface area contributed by atoms with Gasteiger partial charge in [-0.05, 0) is 17.7 Å². The summed E-state index contributed by atoms with van der Waals surface area (Å²) in [4.78, 5) is 10.8. The van der Waals surface area contributed by atoms with Crippen molar-refractivity contribution < 1.29 is 18.3 Å². The van der Waals surface area contributed by atoms with Crippen molar-refractivity contribution >= 4 is 15.9 Å². The zero-order valence-electron chi connectivity index (χ0n) is 11.0. The Bertz CT molecular complexity index is 800. The van der Waals surface area contributed by atoms with Gasteiger partial charge in [0.25, 0.3) is 0 Å². The number of benzene rings is 2. The molecule has 0 bridgehead atoms. The second kappa shape index (κ2) is 5.55. The minimum atomic E-state index is -3.88. The van der Waals surface area contributed by atoms with Gasteiger partial charge in [0.1, 0.15) is 5.75 Å². The van der Waals surface area contributed by atoms with Gasteiger partial charge in [0, 0.05) is 11.1 Å². The van der Waals surface area contributed by atoms with E-state index in [0.717, 1.165) is 0 Å². The van der Waals surface area contributed by atoms with Gasteiger partial charge < -0.3 is 10.8 Å². The molecule has 6 nitrogen and oxygen atoms in total. The molecule has 1 amide bonds. The fourth-order valence-corrected chi connectivity index (χ4v) is 2.78. The number of nitrogens with two attached hydrogens (primary N) is 2. The minimum Gasteiger partial charge on any atom is -0.508 e. The van der Waals surface area contributed by atoms with Gasteiger partial charge in [-0.1, -0.05) is 30.3 Å². The van der Waals surface area contributed by atoms with Crippen molar-refractivity contribution in [3.63, 3.8) is 0 Å². The van der Waals surface area contributed by atoms with Crippen LogP contribution in [0.25, 0.3) is 11.1 Å². The van der Waals surface area contributed by atoms with Crippen molar-refractivity contribution in [1.82, 2.24) is 0 Å². The first-order chi connectivity index (χ1) is 9.79. The van der Waals surface area contributed by atoms with Crippen LogP contribution in [0.15, 0.2) is 47.4 Å². The van der Waals surface area contributed by atoms with Crippen LogP contribution >= 0.6 is 0 Å². The molecular weight excluding hydrogens is 292 g/mol. The molecule has 0 radical (unpaired) electrons. The number of carbonyl (C=O) groups is 1. The fourth-order valence-electron chi connectivity index (χ4n) is 2.02. The Morgan fingerprint density at radius 1 is 1.14 bits per heavy atom. The van der Waals surface area contributed by atoms with Crippen LogP contribution in [0.4, 0.5) is 0 Å². The molecule has 2 aromatic rings. The topological polar surface area (TPSA) is 123 Å². The van der Waals surface area contributed by atoms with E-state index in [2.05, 4.69) is 0 Å². The average Bonchev–Trinajstić information content (AvgIpc) is 2.40. The molecule has 0 heterocycles. The summed E-state index contributed by atoms with van der Waals surface area (Å²) in [5.74, 6) is -0.696. The molecule has 2 rings (SSSR count). The highest BCUT2D eigenvalue weighted by molar-refractivity contribution is 7.89. The molecule has 5 N–H and O–H groups in total. The van der Waals surface area contributed by atoms with Gasteiger partial charge in [-0.3, -0.25) is 4.79 Å². The smallest absolute Gasteiger partial charge is 0.238 e. The maximum Gasteiger partial charge on any atom is 0.238 e. The molecule has 0 unspecified atom stereocenters. The SMILES string of the molecule is NC(=O)Cc1ccc(-c2ccccc2S(N)(=O)=O)cc1O. The molecule has 0 aliphatic carbocycles. The van der Waals surface area contributed by atoms with E-state index in [9.17, 15) is 18.3 Å². The molecule has 0 fully saturated rings. The molecule has 0 spiro atoms. The van der Waals surface area contributed by atoms with Crippen molar-refractivity contribution in [1.29, 1.82) is 0 Å². The van der Waals surface area contributed by atoms with Gasteiger partial charge in [-0.2, -0.15) is 0 Å². The van der Waals surface area contributed by atoms with Crippen LogP contribution in [-0.2, 0) is 21.2 Å². The lowest BCUT2D eigenvalue weighted by Gasteiger charge is -2.10. The summed E-state index contributed by atoms with van der Waals surface area (Å²) >= 11 is 0. The van der Waals surface area contributed by atoms with E-state index in [4.69, 9.17) is 10.9 Å². The number of hydrogen-bond donors (Lipinski definition) is 3. The Morgan fingerprint density at radius 2 is 1.81 bits per heavy atom. The number of phenols is 1. The predicted molar refractivity (Wildman–Crippen MR) is 77.8 cm³/mol. The highest BCUT2D eigenvalue weighted by Crippen LogP contribution is 2.30.